The number of carboxylic acid groups (broad SMARTS) is 1. The van der Waals surface area contributed by atoms with Crippen molar-refractivity contribution >= 4 is 17.3 Å². The Labute approximate surface area is 199 Å². The van der Waals surface area contributed by atoms with Crippen LogP contribution in [0, 0.1) is 6.92 Å². The highest BCUT2D eigenvalue weighted by atomic mass is 32.1. The Kier molecular flexibility index (Phi) is 9.07. The summed E-state index contributed by atoms with van der Waals surface area (Å²) in [4.78, 5) is 17.2. The number of aliphatic carboxylic acids is 1. The molecule has 5 nitrogen and oxygen atoms in total. The Balaban J connectivity index is 1.51. The van der Waals surface area contributed by atoms with Crippen LogP contribution in [0.15, 0.2) is 70.5 Å². The van der Waals surface area contributed by atoms with Gasteiger partial charge in [0.15, 0.2) is 0 Å². The molecule has 0 fully saturated rings. The molecule has 1 N–H and O–H groups in total. The molecule has 0 aliphatic rings. The first-order valence-electron chi connectivity index (χ1n) is 11.2. The molecule has 0 spiro atoms. The van der Waals surface area contributed by atoms with Gasteiger partial charge in [0.25, 0.3) is 0 Å². The van der Waals surface area contributed by atoms with Gasteiger partial charge in [-0.05, 0) is 55.8 Å². The summed E-state index contributed by atoms with van der Waals surface area (Å²) in [6, 6.07) is 11.4. The molecule has 0 saturated heterocycles. The lowest BCUT2D eigenvalue weighted by Crippen LogP contribution is -2.13. The molecule has 0 saturated carbocycles. The molecule has 0 aliphatic heterocycles. The molecule has 0 bridgehead atoms. The van der Waals surface area contributed by atoms with E-state index < -0.39 is 11.9 Å². The van der Waals surface area contributed by atoms with Gasteiger partial charge in [-0.15, -0.1) is 11.3 Å². The summed E-state index contributed by atoms with van der Waals surface area (Å²) in [7, 11) is 0. The fourth-order valence-corrected chi connectivity index (χ4v) is 4.30. The summed E-state index contributed by atoms with van der Waals surface area (Å²) in [6.07, 6.45) is 10.4. The molecule has 0 amide bonds. The van der Waals surface area contributed by atoms with Crippen molar-refractivity contribution in [3.63, 3.8) is 0 Å². The summed E-state index contributed by atoms with van der Waals surface area (Å²) in [6.45, 7) is 6.51. The zero-order chi connectivity index (χ0) is 23.6. The fourth-order valence-electron chi connectivity index (χ4n) is 3.48. The number of ether oxygens (including phenoxy) is 1. The Bertz CT molecular complexity index is 1060. The minimum atomic E-state index is -0.803. The molecule has 2 unspecified atom stereocenters. The van der Waals surface area contributed by atoms with Gasteiger partial charge in [-0.1, -0.05) is 49.4 Å². The summed E-state index contributed by atoms with van der Waals surface area (Å²) >= 11 is 1.48. The van der Waals surface area contributed by atoms with E-state index in [0.717, 1.165) is 40.0 Å². The molecule has 3 aromatic rings. The van der Waals surface area contributed by atoms with Gasteiger partial charge in [-0.2, -0.15) is 0 Å². The monoisotopic (exact) mass is 465 g/mol. The number of rotatable bonds is 12. The van der Waals surface area contributed by atoms with Gasteiger partial charge in [0.1, 0.15) is 11.5 Å². The van der Waals surface area contributed by atoms with E-state index in [4.69, 9.17) is 9.15 Å². The Morgan fingerprint density at radius 2 is 2.03 bits per heavy atom. The van der Waals surface area contributed by atoms with Crippen molar-refractivity contribution in [2.75, 3.05) is 6.61 Å². The van der Waals surface area contributed by atoms with Crippen LogP contribution in [-0.2, 0) is 17.6 Å². The summed E-state index contributed by atoms with van der Waals surface area (Å²) in [5.41, 5.74) is 1.88. The van der Waals surface area contributed by atoms with Gasteiger partial charge in [-0.25, -0.2) is 4.98 Å². The number of hydrogen-bond donors (Lipinski definition) is 1. The van der Waals surface area contributed by atoms with E-state index in [-0.39, 0.29) is 5.92 Å². The van der Waals surface area contributed by atoms with E-state index in [1.54, 1.807) is 0 Å². The third-order valence-electron chi connectivity index (χ3n) is 5.39. The largest absolute Gasteiger partial charge is 0.493 e. The minimum Gasteiger partial charge on any atom is -0.493 e. The Morgan fingerprint density at radius 3 is 2.70 bits per heavy atom. The van der Waals surface area contributed by atoms with Crippen LogP contribution in [0.3, 0.4) is 0 Å². The first kappa shape index (κ1) is 24.5. The first-order chi connectivity index (χ1) is 16.0. The number of nitrogens with zero attached hydrogens (tertiary/aromatic N) is 1. The van der Waals surface area contributed by atoms with E-state index in [0.29, 0.717) is 19.4 Å². The number of allylic oxidation sites excluding steroid dienone is 4. The third-order valence-corrected chi connectivity index (χ3v) is 6.37. The molecule has 3 rings (SSSR count). The third kappa shape index (κ3) is 7.19. The maximum atomic E-state index is 11.7. The molecule has 174 valence electrons. The average Bonchev–Trinajstić information content (AvgIpc) is 3.46. The van der Waals surface area contributed by atoms with Crippen LogP contribution in [0.2, 0.25) is 0 Å². The molecule has 2 aromatic heterocycles. The highest BCUT2D eigenvalue weighted by Gasteiger charge is 2.21. The fraction of sp³-hybridized carbons (Fsp3) is 0.333. The van der Waals surface area contributed by atoms with Crippen LogP contribution in [-0.4, -0.2) is 22.7 Å². The van der Waals surface area contributed by atoms with E-state index in [1.807, 2.05) is 61.7 Å². The van der Waals surface area contributed by atoms with E-state index in [9.17, 15) is 9.90 Å². The van der Waals surface area contributed by atoms with Crippen molar-refractivity contribution in [2.45, 2.75) is 51.9 Å². The molecular formula is C27H31NO4S. The summed E-state index contributed by atoms with van der Waals surface area (Å²) < 4.78 is 11.7. The van der Waals surface area contributed by atoms with Crippen LogP contribution in [0.4, 0.5) is 0 Å². The highest BCUT2D eigenvalue weighted by Crippen LogP contribution is 2.26. The standard InChI is InChI=1S/C27H31NO4S/c1-4-5-6-7-9-19(2)26-28-24(20(3)32-26)15-16-31-22-13-11-21(12-14-22)18-23(27(29)30)25-10-8-17-33-25/h4-5,7-14,17,19,23H,6,15-16,18H2,1-3H3,(H,29,30)/b5-4-,9-7-. The number of oxazole rings is 1. The van der Waals surface area contributed by atoms with E-state index in [2.05, 4.69) is 30.1 Å². The maximum Gasteiger partial charge on any atom is 0.312 e. The molecule has 0 radical (unpaired) electrons. The van der Waals surface area contributed by atoms with Crippen molar-refractivity contribution in [2.24, 2.45) is 0 Å². The lowest BCUT2D eigenvalue weighted by Gasteiger charge is -2.11. The number of aryl methyl sites for hydroxylation is 1. The topological polar surface area (TPSA) is 72.6 Å². The van der Waals surface area contributed by atoms with Crippen LogP contribution in [0.25, 0.3) is 0 Å². The number of benzene rings is 1. The summed E-state index contributed by atoms with van der Waals surface area (Å²) in [5.74, 6) is 1.10. The van der Waals surface area contributed by atoms with Crippen molar-refractivity contribution in [1.82, 2.24) is 4.98 Å². The number of carboxylic acids is 1. The molecule has 2 heterocycles. The lowest BCUT2D eigenvalue weighted by molar-refractivity contribution is -0.138. The molecule has 0 aliphatic carbocycles. The SMILES string of the molecule is C/C=C\C/C=C\C(C)c1nc(CCOc2ccc(CC(C(=O)O)c3cccs3)cc2)c(C)o1. The average molecular weight is 466 g/mol. The molecule has 1 aromatic carbocycles. The second-order valence-corrected chi connectivity index (χ2v) is 8.91. The van der Waals surface area contributed by atoms with Gasteiger partial charge in [0.2, 0.25) is 5.89 Å². The van der Waals surface area contributed by atoms with Crippen molar-refractivity contribution in [3.05, 3.63) is 93.9 Å². The lowest BCUT2D eigenvalue weighted by atomic mass is 9.98. The Morgan fingerprint density at radius 1 is 1.24 bits per heavy atom. The maximum absolute atomic E-state index is 11.7. The number of hydrogen-bond acceptors (Lipinski definition) is 5. The van der Waals surface area contributed by atoms with Crippen LogP contribution >= 0.6 is 11.3 Å². The van der Waals surface area contributed by atoms with Crippen molar-refractivity contribution < 1.29 is 19.1 Å². The van der Waals surface area contributed by atoms with Crippen molar-refractivity contribution in [3.8, 4) is 5.75 Å². The van der Waals surface area contributed by atoms with Crippen LogP contribution in [0.5, 0.6) is 5.75 Å². The predicted octanol–water partition coefficient (Wildman–Crippen LogP) is 6.70. The normalized spacial score (nSPS) is 13.5. The van der Waals surface area contributed by atoms with Gasteiger partial charge in [0.05, 0.1) is 24.1 Å². The second kappa shape index (κ2) is 12.2. The van der Waals surface area contributed by atoms with Crippen molar-refractivity contribution in [1.29, 1.82) is 0 Å². The Hall–Kier alpha value is -3.12. The molecule has 6 heteroatoms. The summed E-state index contributed by atoms with van der Waals surface area (Å²) in [5, 5.41) is 11.5. The van der Waals surface area contributed by atoms with Gasteiger partial charge >= 0.3 is 5.97 Å². The zero-order valence-electron chi connectivity index (χ0n) is 19.4. The molecule has 2 atom stereocenters. The quantitative estimate of drug-likeness (QED) is 0.301. The predicted molar refractivity (Wildman–Crippen MR) is 132 cm³/mol. The van der Waals surface area contributed by atoms with Gasteiger partial charge in [0, 0.05) is 11.3 Å². The molecule has 33 heavy (non-hydrogen) atoms. The number of aromatic nitrogens is 1. The van der Waals surface area contributed by atoms with Gasteiger partial charge < -0.3 is 14.3 Å². The highest BCUT2D eigenvalue weighted by molar-refractivity contribution is 7.10. The number of thiophene rings is 1. The van der Waals surface area contributed by atoms with Crippen LogP contribution in [0.1, 0.15) is 59.9 Å². The van der Waals surface area contributed by atoms with Gasteiger partial charge in [-0.3, -0.25) is 4.79 Å². The zero-order valence-corrected chi connectivity index (χ0v) is 20.2. The minimum absolute atomic E-state index is 0.125. The second-order valence-electron chi connectivity index (χ2n) is 7.93. The van der Waals surface area contributed by atoms with E-state index >= 15 is 0 Å². The number of carbonyl (C=O) groups is 1. The molecular weight excluding hydrogens is 434 g/mol. The van der Waals surface area contributed by atoms with E-state index in [1.165, 1.54) is 11.3 Å². The van der Waals surface area contributed by atoms with Crippen LogP contribution < -0.4 is 4.74 Å². The smallest absolute Gasteiger partial charge is 0.312 e. The first-order valence-corrected chi connectivity index (χ1v) is 12.1.